The smallest absolute Gasteiger partial charge is 0.257 e. The number of nitriles is 1. The highest BCUT2D eigenvalue weighted by Crippen LogP contribution is 2.28. The predicted molar refractivity (Wildman–Crippen MR) is 80.6 cm³/mol. The molecule has 0 fully saturated rings. The summed E-state index contributed by atoms with van der Waals surface area (Å²) < 4.78 is 0. The second-order valence-corrected chi connectivity index (χ2v) is 5.05. The molecule has 6 heteroatoms. The van der Waals surface area contributed by atoms with Gasteiger partial charge in [0, 0.05) is 0 Å². The van der Waals surface area contributed by atoms with Gasteiger partial charge in [0.25, 0.3) is 5.91 Å². The van der Waals surface area contributed by atoms with Gasteiger partial charge in [-0.1, -0.05) is 40.9 Å². The lowest BCUT2D eigenvalue weighted by Crippen LogP contribution is -2.12. The molecule has 0 aliphatic carbocycles. The molecule has 0 unspecified atom stereocenters. The third kappa shape index (κ3) is 3.05. The van der Waals surface area contributed by atoms with Gasteiger partial charge in [-0.3, -0.25) is 4.79 Å². The minimum Gasteiger partial charge on any atom is -0.321 e. The normalized spacial score (nSPS) is 9.90. The molecule has 0 aromatic heterocycles. The summed E-state index contributed by atoms with van der Waals surface area (Å²) in [6.45, 7) is 0. The van der Waals surface area contributed by atoms with E-state index in [0.29, 0.717) is 16.3 Å². The van der Waals surface area contributed by atoms with Crippen molar-refractivity contribution in [3.8, 4) is 6.07 Å². The van der Waals surface area contributed by atoms with Gasteiger partial charge in [-0.25, -0.2) is 0 Å². The third-order valence-corrected chi connectivity index (χ3v) is 3.67. The molecule has 0 saturated carbocycles. The molecule has 2 rings (SSSR count). The van der Waals surface area contributed by atoms with Gasteiger partial charge in [0.1, 0.15) is 0 Å². The Morgan fingerprint density at radius 2 is 1.85 bits per heavy atom. The second kappa shape index (κ2) is 6.15. The first-order valence-corrected chi connectivity index (χ1v) is 6.61. The summed E-state index contributed by atoms with van der Waals surface area (Å²) in [5, 5.41) is 12.1. The average Bonchev–Trinajstić information content (AvgIpc) is 2.44. The van der Waals surface area contributed by atoms with Crippen molar-refractivity contribution in [2.75, 3.05) is 5.32 Å². The van der Waals surface area contributed by atoms with Crippen LogP contribution >= 0.6 is 34.8 Å². The molecule has 0 atom stereocenters. The van der Waals surface area contributed by atoms with E-state index < -0.39 is 5.91 Å². The van der Waals surface area contributed by atoms with Crippen LogP contribution in [0.1, 0.15) is 15.9 Å². The predicted octanol–water partition coefficient (Wildman–Crippen LogP) is 4.77. The highest BCUT2D eigenvalue weighted by molar-refractivity contribution is 6.44. The van der Waals surface area contributed by atoms with Crippen LogP contribution in [0.3, 0.4) is 0 Å². The van der Waals surface area contributed by atoms with E-state index in [-0.39, 0.29) is 15.6 Å². The molecule has 0 spiro atoms. The van der Waals surface area contributed by atoms with Crippen LogP contribution < -0.4 is 5.32 Å². The summed E-state index contributed by atoms with van der Waals surface area (Å²) in [6.07, 6.45) is 0. The van der Waals surface area contributed by atoms with Crippen molar-refractivity contribution < 1.29 is 4.79 Å². The summed E-state index contributed by atoms with van der Waals surface area (Å²) in [6, 6.07) is 11.3. The highest BCUT2D eigenvalue weighted by atomic mass is 35.5. The fourth-order valence-corrected chi connectivity index (χ4v) is 2.17. The number of amides is 1. The first-order chi connectivity index (χ1) is 9.52. The number of rotatable bonds is 2. The van der Waals surface area contributed by atoms with Gasteiger partial charge in [0.15, 0.2) is 0 Å². The van der Waals surface area contributed by atoms with Crippen LogP contribution in [0.2, 0.25) is 15.1 Å². The number of anilines is 1. The number of nitrogens with zero attached hydrogens (tertiary/aromatic N) is 1. The van der Waals surface area contributed by atoms with Gasteiger partial charge in [0.2, 0.25) is 0 Å². The molecule has 2 aromatic rings. The molecule has 0 heterocycles. The Labute approximate surface area is 130 Å². The van der Waals surface area contributed by atoms with E-state index in [1.165, 1.54) is 6.07 Å². The summed E-state index contributed by atoms with van der Waals surface area (Å²) in [5.41, 5.74) is 1.06. The molecular weight excluding hydrogens is 319 g/mol. The number of benzene rings is 2. The van der Waals surface area contributed by atoms with Crippen molar-refractivity contribution in [2.24, 2.45) is 0 Å². The molecule has 0 bridgehead atoms. The Morgan fingerprint density at radius 3 is 2.50 bits per heavy atom. The zero-order chi connectivity index (χ0) is 14.7. The maximum absolute atomic E-state index is 12.1. The molecule has 0 aliphatic rings. The number of hydrogen-bond donors (Lipinski definition) is 1. The number of carbonyl (C=O) groups excluding carboxylic acids is 1. The van der Waals surface area contributed by atoms with E-state index in [2.05, 4.69) is 5.32 Å². The van der Waals surface area contributed by atoms with Gasteiger partial charge in [-0.05, 0) is 30.3 Å². The summed E-state index contributed by atoms with van der Waals surface area (Å²) in [7, 11) is 0. The van der Waals surface area contributed by atoms with Crippen LogP contribution in [0.25, 0.3) is 0 Å². The minimum absolute atomic E-state index is 0.177. The van der Waals surface area contributed by atoms with E-state index in [0.717, 1.165) is 0 Å². The fraction of sp³-hybridized carbons (Fsp3) is 0. The molecule has 2 aromatic carbocycles. The Kier molecular flexibility index (Phi) is 4.51. The van der Waals surface area contributed by atoms with Crippen molar-refractivity contribution in [3.05, 3.63) is 62.6 Å². The lowest BCUT2D eigenvalue weighted by molar-refractivity contribution is 0.102. The monoisotopic (exact) mass is 324 g/mol. The van der Waals surface area contributed by atoms with E-state index in [4.69, 9.17) is 40.1 Å². The number of halogens is 3. The largest absolute Gasteiger partial charge is 0.321 e. The zero-order valence-corrected chi connectivity index (χ0v) is 12.2. The van der Waals surface area contributed by atoms with Crippen molar-refractivity contribution in [1.82, 2.24) is 0 Å². The maximum Gasteiger partial charge on any atom is 0.257 e. The molecule has 1 N–H and O–H groups in total. The molecule has 1 amide bonds. The second-order valence-electron chi connectivity index (χ2n) is 3.86. The van der Waals surface area contributed by atoms with Crippen LogP contribution in [0.5, 0.6) is 0 Å². The highest BCUT2D eigenvalue weighted by Gasteiger charge is 2.14. The molecule has 0 saturated heterocycles. The summed E-state index contributed by atoms with van der Waals surface area (Å²) >= 11 is 17.8. The molecule has 20 heavy (non-hydrogen) atoms. The quantitative estimate of drug-likeness (QED) is 0.864. The number of carbonyl (C=O) groups is 1. The van der Waals surface area contributed by atoms with Crippen molar-refractivity contribution >= 4 is 46.4 Å². The van der Waals surface area contributed by atoms with Crippen LogP contribution in [0.15, 0.2) is 36.4 Å². The Bertz CT molecular complexity index is 723. The average molecular weight is 326 g/mol. The first kappa shape index (κ1) is 14.7. The topological polar surface area (TPSA) is 52.9 Å². The summed E-state index contributed by atoms with van der Waals surface area (Å²) in [5.74, 6) is -0.427. The van der Waals surface area contributed by atoms with Crippen molar-refractivity contribution in [2.45, 2.75) is 0 Å². The van der Waals surface area contributed by atoms with Crippen molar-refractivity contribution in [3.63, 3.8) is 0 Å². The molecular formula is C14H7Cl3N2O. The van der Waals surface area contributed by atoms with Gasteiger partial charge in [0.05, 0.1) is 38.0 Å². The number of hydrogen-bond acceptors (Lipinski definition) is 2. The number of nitrogens with one attached hydrogen (secondary N) is 1. The maximum atomic E-state index is 12.1. The molecule has 0 aliphatic heterocycles. The van der Waals surface area contributed by atoms with E-state index >= 15 is 0 Å². The lowest BCUT2D eigenvalue weighted by atomic mass is 10.2. The molecule has 3 nitrogen and oxygen atoms in total. The summed E-state index contributed by atoms with van der Waals surface area (Å²) in [4.78, 5) is 12.1. The Morgan fingerprint density at radius 1 is 1.10 bits per heavy atom. The van der Waals surface area contributed by atoms with Crippen LogP contribution in [-0.4, -0.2) is 5.91 Å². The van der Waals surface area contributed by atoms with Gasteiger partial charge in [-0.2, -0.15) is 5.26 Å². The van der Waals surface area contributed by atoms with Crippen LogP contribution in [-0.2, 0) is 0 Å². The molecule has 100 valence electrons. The van der Waals surface area contributed by atoms with Gasteiger partial charge >= 0.3 is 0 Å². The molecule has 0 radical (unpaired) electrons. The Balaban J connectivity index is 2.29. The van der Waals surface area contributed by atoms with Gasteiger partial charge < -0.3 is 5.32 Å². The fourth-order valence-electron chi connectivity index (χ4n) is 1.55. The standard InChI is InChI=1S/C14H7Cl3N2O/c15-10-3-1-2-9(13(10)17)14(20)19-12-5-4-8(7-18)6-11(12)16/h1-6H,(H,19,20). The SMILES string of the molecule is N#Cc1ccc(NC(=O)c2cccc(Cl)c2Cl)c(Cl)c1. The third-order valence-electron chi connectivity index (χ3n) is 2.54. The van der Waals surface area contributed by atoms with Gasteiger partial charge in [-0.15, -0.1) is 0 Å². The van der Waals surface area contributed by atoms with Crippen LogP contribution in [0, 0.1) is 11.3 Å². The van der Waals surface area contributed by atoms with Crippen LogP contribution in [0.4, 0.5) is 5.69 Å². The zero-order valence-electron chi connectivity index (χ0n) is 9.95. The van der Waals surface area contributed by atoms with E-state index in [1.54, 1.807) is 30.3 Å². The Hall–Kier alpha value is -1.73. The van der Waals surface area contributed by atoms with Crippen molar-refractivity contribution in [1.29, 1.82) is 5.26 Å². The lowest BCUT2D eigenvalue weighted by Gasteiger charge is -2.09. The first-order valence-electron chi connectivity index (χ1n) is 5.48. The van der Waals surface area contributed by atoms with E-state index in [1.807, 2.05) is 6.07 Å². The van der Waals surface area contributed by atoms with E-state index in [9.17, 15) is 4.79 Å². The minimum atomic E-state index is -0.427.